The fourth-order valence-corrected chi connectivity index (χ4v) is 3.07. The second kappa shape index (κ2) is 7.14. The Morgan fingerprint density at radius 3 is 2.80 bits per heavy atom. The average molecular weight is 307 g/mol. The molecule has 0 aliphatic heterocycles. The number of hydrogen-bond acceptors (Lipinski definition) is 4. The van der Waals surface area contributed by atoms with Crippen molar-refractivity contribution >= 4 is 24.0 Å². The highest BCUT2D eigenvalue weighted by Gasteiger charge is 2.08. The summed E-state index contributed by atoms with van der Waals surface area (Å²) in [6.45, 7) is 7.15. The maximum Gasteiger partial charge on any atom is 0.123 e. The summed E-state index contributed by atoms with van der Waals surface area (Å²) in [6, 6.07) is 6.43. The molecule has 0 fully saturated rings. The van der Waals surface area contributed by atoms with Gasteiger partial charge in [-0.2, -0.15) is 12.6 Å². The van der Waals surface area contributed by atoms with Crippen molar-refractivity contribution in [2.45, 2.75) is 38.9 Å². The van der Waals surface area contributed by atoms with E-state index in [1.54, 1.807) is 11.3 Å². The molecule has 0 spiro atoms. The molecule has 0 N–H and O–H groups in total. The summed E-state index contributed by atoms with van der Waals surface area (Å²) in [5.74, 6) is 2.24. The number of benzene rings is 1. The van der Waals surface area contributed by atoms with Crippen LogP contribution in [0.3, 0.4) is 0 Å². The van der Waals surface area contributed by atoms with Crippen LogP contribution < -0.4 is 4.74 Å². The van der Waals surface area contributed by atoms with E-state index < -0.39 is 0 Å². The molecule has 2 nitrogen and oxygen atoms in total. The fourth-order valence-electron chi connectivity index (χ4n) is 2.03. The number of ether oxygens (including phenoxy) is 1. The minimum absolute atomic E-state index is 0.473. The van der Waals surface area contributed by atoms with Gasteiger partial charge >= 0.3 is 0 Å². The number of hydrogen-bond donors (Lipinski definition) is 1. The highest BCUT2D eigenvalue weighted by atomic mass is 32.1. The highest BCUT2D eigenvalue weighted by molar-refractivity contribution is 7.79. The smallest absolute Gasteiger partial charge is 0.123 e. The summed E-state index contributed by atoms with van der Waals surface area (Å²) in [5.41, 5.74) is 2.50. The van der Waals surface area contributed by atoms with Crippen molar-refractivity contribution in [1.82, 2.24) is 4.98 Å². The quantitative estimate of drug-likeness (QED) is 0.786. The molecule has 0 bridgehead atoms. The Hall–Kier alpha value is -1.000. The maximum absolute atomic E-state index is 5.97. The first-order valence-electron chi connectivity index (χ1n) is 6.88. The zero-order valence-electron chi connectivity index (χ0n) is 12.2. The zero-order valence-corrected chi connectivity index (χ0v) is 13.9. The van der Waals surface area contributed by atoms with E-state index in [0.29, 0.717) is 12.5 Å². The summed E-state index contributed by atoms with van der Waals surface area (Å²) in [4.78, 5) is 5.59. The van der Waals surface area contributed by atoms with Crippen LogP contribution in [0.1, 0.15) is 40.8 Å². The predicted molar refractivity (Wildman–Crippen MR) is 89.3 cm³/mol. The van der Waals surface area contributed by atoms with E-state index in [0.717, 1.165) is 22.9 Å². The van der Waals surface area contributed by atoms with Gasteiger partial charge in [0, 0.05) is 23.2 Å². The molecule has 2 rings (SSSR count). The van der Waals surface area contributed by atoms with E-state index >= 15 is 0 Å². The number of rotatable bonds is 6. The molecule has 0 radical (unpaired) electrons. The highest BCUT2D eigenvalue weighted by Crippen LogP contribution is 2.27. The van der Waals surface area contributed by atoms with Gasteiger partial charge in [-0.05, 0) is 30.0 Å². The van der Waals surface area contributed by atoms with Crippen LogP contribution in [0.4, 0.5) is 0 Å². The molecule has 1 aromatic heterocycles. The van der Waals surface area contributed by atoms with Gasteiger partial charge in [-0.15, -0.1) is 11.3 Å². The van der Waals surface area contributed by atoms with Crippen molar-refractivity contribution in [3.63, 3.8) is 0 Å². The lowest BCUT2D eigenvalue weighted by atomic mass is 10.0. The minimum Gasteiger partial charge on any atom is -0.493 e. The van der Waals surface area contributed by atoms with Crippen LogP contribution in [0, 0.1) is 6.92 Å². The van der Waals surface area contributed by atoms with Gasteiger partial charge in [0.15, 0.2) is 0 Å². The number of nitrogens with zero attached hydrogens (tertiary/aromatic N) is 1. The average Bonchev–Trinajstić information content (AvgIpc) is 2.86. The van der Waals surface area contributed by atoms with Crippen LogP contribution in [-0.2, 0) is 12.2 Å². The molecule has 108 valence electrons. The third-order valence-electron chi connectivity index (χ3n) is 3.12. The SMILES string of the molecule is Cc1ccc(C(C)C)c(OCCc2ncc(CS)s2)c1. The number of aromatic nitrogens is 1. The first-order chi connectivity index (χ1) is 9.60. The Bertz CT molecular complexity index is 563. The molecule has 20 heavy (non-hydrogen) atoms. The van der Waals surface area contributed by atoms with Crippen molar-refractivity contribution in [3.8, 4) is 5.75 Å². The first-order valence-corrected chi connectivity index (χ1v) is 8.33. The van der Waals surface area contributed by atoms with Crippen LogP contribution >= 0.6 is 24.0 Å². The van der Waals surface area contributed by atoms with Crippen molar-refractivity contribution in [2.24, 2.45) is 0 Å². The first kappa shape index (κ1) is 15.4. The van der Waals surface area contributed by atoms with Gasteiger partial charge in [-0.25, -0.2) is 4.98 Å². The van der Waals surface area contributed by atoms with Gasteiger partial charge in [0.2, 0.25) is 0 Å². The third kappa shape index (κ3) is 4.00. The van der Waals surface area contributed by atoms with Gasteiger partial charge in [-0.1, -0.05) is 26.0 Å². The Morgan fingerprint density at radius 2 is 2.15 bits per heavy atom. The lowest BCUT2D eigenvalue weighted by Crippen LogP contribution is -2.04. The zero-order chi connectivity index (χ0) is 14.5. The molecule has 0 aliphatic carbocycles. The number of aryl methyl sites for hydroxylation is 1. The summed E-state index contributed by atoms with van der Waals surface area (Å²) in [6.07, 6.45) is 2.75. The van der Waals surface area contributed by atoms with E-state index in [2.05, 4.69) is 56.6 Å². The van der Waals surface area contributed by atoms with Gasteiger partial charge < -0.3 is 4.74 Å². The monoisotopic (exact) mass is 307 g/mol. The molecule has 1 heterocycles. The molecule has 0 saturated heterocycles. The topological polar surface area (TPSA) is 22.1 Å². The van der Waals surface area contributed by atoms with E-state index in [1.165, 1.54) is 16.0 Å². The van der Waals surface area contributed by atoms with Crippen molar-refractivity contribution in [2.75, 3.05) is 6.61 Å². The van der Waals surface area contributed by atoms with Crippen LogP contribution in [-0.4, -0.2) is 11.6 Å². The molecule has 0 aliphatic rings. The normalized spacial score (nSPS) is 11.1. The molecule has 0 atom stereocenters. The van der Waals surface area contributed by atoms with Crippen molar-refractivity contribution in [3.05, 3.63) is 45.4 Å². The molecular formula is C16H21NOS2. The van der Waals surface area contributed by atoms with Crippen LogP contribution in [0.15, 0.2) is 24.4 Å². The molecule has 0 unspecified atom stereocenters. The maximum atomic E-state index is 5.97. The van der Waals surface area contributed by atoms with Gasteiger partial charge in [-0.3, -0.25) is 0 Å². The summed E-state index contributed by atoms with van der Waals surface area (Å²) in [5, 5.41) is 1.12. The summed E-state index contributed by atoms with van der Waals surface area (Å²) < 4.78 is 5.97. The van der Waals surface area contributed by atoms with Gasteiger partial charge in [0.05, 0.1) is 11.6 Å². The Morgan fingerprint density at radius 1 is 1.35 bits per heavy atom. The van der Waals surface area contributed by atoms with E-state index in [1.807, 2.05) is 6.20 Å². The fraction of sp³-hybridized carbons (Fsp3) is 0.438. The van der Waals surface area contributed by atoms with Crippen LogP contribution in [0.5, 0.6) is 5.75 Å². The second-order valence-electron chi connectivity index (χ2n) is 5.17. The number of thiol groups is 1. The largest absolute Gasteiger partial charge is 0.493 e. The van der Waals surface area contributed by atoms with Crippen LogP contribution in [0.25, 0.3) is 0 Å². The molecule has 4 heteroatoms. The third-order valence-corrected chi connectivity index (χ3v) is 4.73. The summed E-state index contributed by atoms with van der Waals surface area (Å²) in [7, 11) is 0. The summed E-state index contributed by atoms with van der Waals surface area (Å²) >= 11 is 5.97. The van der Waals surface area contributed by atoms with Gasteiger partial charge in [0.25, 0.3) is 0 Å². The Kier molecular flexibility index (Phi) is 5.49. The lowest BCUT2D eigenvalue weighted by molar-refractivity contribution is 0.317. The molecule has 2 aromatic rings. The molecule has 0 amide bonds. The Balaban J connectivity index is 1.98. The van der Waals surface area contributed by atoms with Crippen LogP contribution in [0.2, 0.25) is 0 Å². The van der Waals surface area contributed by atoms with Gasteiger partial charge in [0.1, 0.15) is 5.75 Å². The molecule has 1 aromatic carbocycles. The minimum atomic E-state index is 0.473. The van der Waals surface area contributed by atoms with Crippen molar-refractivity contribution < 1.29 is 4.74 Å². The Labute approximate surface area is 130 Å². The molecule has 0 saturated carbocycles. The van der Waals surface area contributed by atoms with Crippen molar-refractivity contribution in [1.29, 1.82) is 0 Å². The van der Waals surface area contributed by atoms with E-state index in [4.69, 9.17) is 4.74 Å². The van der Waals surface area contributed by atoms with E-state index in [9.17, 15) is 0 Å². The second-order valence-corrected chi connectivity index (χ2v) is 6.69. The van der Waals surface area contributed by atoms with E-state index in [-0.39, 0.29) is 0 Å². The predicted octanol–water partition coefficient (Wildman–Crippen LogP) is 4.63. The molecular weight excluding hydrogens is 286 g/mol. The lowest BCUT2D eigenvalue weighted by Gasteiger charge is -2.14. The number of thiazole rings is 1. The standard InChI is InChI=1S/C16H21NOS2/c1-11(2)14-5-4-12(3)8-15(14)18-7-6-16-17-9-13(10-19)20-16/h4-5,8-9,11,19H,6-7,10H2,1-3H3.